The van der Waals surface area contributed by atoms with Crippen molar-refractivity contribution in [1.82, 2.24) is 0 Å². The molecule has 35 heavy (non-hydrogen) atoms. The zero-order valence-electron chi connectivity index (χ0n) is 20.0. The summed E-state index contributed by atoms with van der Waals surface area (Å²) in [4.78, 5) is 39.0. The summed E-state index contributed by atoms with van der Waals surface area (Å²) in [5, 5.41) is 12.6. The Hall–Kier alpha value is -1.54. The van der Waals surface area contributed by atoms with Gasteiger partial charge in [0.15, 0.2) is 23.0 Å². The quantitative estimate of drug-likeness (QED) is 0.293. The first-order valence-corrected chi connectivity index (χ1v) is 12.8. The Morgan fingerprint density at radius 2 is 1.80 bits per heavy atom. The standard InChI is InChI=1S/C25H28Cl3N2O5/c1-11-6-7-15(26)22(2,3)12(11)9-25-21(34)18-17(13(31)8-14(32)19(18)30-29)20(33)24(25,28)10-16(27)23(4,5)35-25/h8,12,15-16,19,31H,1,6-7,9-10H2,2-5H3/q-1. The second kappa shape index (κ2) is 8.23. The predicted octanol–water partition coefficient (Wildman–Crippen LogP) is 5.36. The molecule has 1 saturated carbocycles. The first-order chi connectivity index (χ1) is 16.0. The fourth-order valence-corrected chi connectivity index (χ4v) is 7.12. The third kappa shape index (κ3) is 3.52. The molecule has 4 rings (SSSR count). The number of aliphatic hydroxyl groups is 1. The highest BCUT2D eigenvalue weighted by Crippen LogP contribution is 2.60. The summed E-state index contributed by atoms with van der Waals surface area (Å²) in [6, 6.07) is -1.68. The van der Waals surface area contributed by atoms with E-state index in [-0.39, 0.29) is 24.1 Å². The van der Waals surface area contributed by atoms with Crippen LogP contribution in [0.15, 0.2) is 40.2 Å². The first-order valence-electron chi connectivity index (χ1n) is 11.5. The molecule has 0 aromatic carbocycles. The van der Waals surface area contributed by atoms with Gasteiger partial charge in [-0.15, -0.1) is 34.8 Å². The lowest BCUT2D eigenvalue weighted by atomic mass is 9.56. The highest BCUT2D eigenvalue weighted by molar-refractivity contribution is 6.45. The molecule has 7 nitrogen and oxygen atoms in total. The molecule has 6 unspecified atom stereocenters. The van der Waals surface area contributed by atoms with Gasteiger partial charge in [0.1, 0.15) is 16.7 Å². The summed E-state index contributed by atoms with van der Waals surface area (Å²) < 4.78 is 6.47. The fourth-order valence-electron chi connectivity index (χ4n) is 6.06. The Labute approximate surface area is 219 Å². The van der Waals surface area contributed by atoms with Crippen molar-refractivity contribution >= 4 is 52.2 Å². The van der Waals surface area contributed by atoms with E-state index in [2.05, 4.69) is 11.7 Å². The van der Waals surface area contributed by atoms with Crippen LogP contribution >= 0.6 is 34.8 Å². The van der Waals surface area contributed by atoms with Crippen molar-refractivity contribution in [2.24, 2.45) is 16.4 Å². The average Bonchev–Trinajstić information content (AvgIpc) is 2.75. The van der Waals surface area contributed by atoms with E-state index in [1.54, 1.807) is 13.8 Å². The lowest BCUT2D eigenvalue weighted by Crippen LogP contribution is -2.74. The lowest BCUT2D eigenvalue weighted by Gasteiger charge is -2.59. The van der Waals surface area contributed by atoms with Crippen molar-refractivity contribution in [3.8, 4) is 0 Å². The number of fused-ring (bicyclic) bond motifs is 1. The fraction of sp³-hybridized carbons (Fsp3) is 0.640. The van der Waals surface area contributed by atoms with E-state index in [1.807, 2.05) is 13.8 Å². The number of Topliss-reactive ketones (excluding diaryl/α,β-unsaturated/α-hetero) is 2. The number of carbonyl (C=O) groups excluding carboxylic acids is 3. The Balaban J connectivity index is 1.99. The molecule has 190 valence electrons. The van der Waals surface area contributed by atoms with Gasteiger partial charge in [0.05, 0.1) is 16.6 Å². The van der Waals surface area contributed by atoms with Gasteiger partial charge < -0.3 is 20.5 Å². The maximum absolute atomic E-state index is 14.4. The second-order valence-electron chi connectivity index (χ2n) is 11.1. The molecule has 0 aromatic rings. The maximum atomic E-state index is 14.4. The Morgan fingerprint density at radius 3 is 2.40 bits per heavy atom. The number of hydrogen-bond donors (Lipinski definition) is 1. The topological polar surface area (TPSA) is 115 Å². The molecular weight excluding hydrogens is 515 g/mol. The molecule has 4 aliphatic rings. The van der Waals surface area contributed by atoms with Gasteiger partial charge in [-0.05, 0) is 50.9 Å². The molecule has 0 aromatic heterocycles. The van der Waals surface area contributed by atoms with Crippen LogP contribution in [0.1, 0.15) is 53.4 Å². The third-order valence-electron chi connectivity index (χ3n) is 8.36. The molecule has 1 heterocycles. The van der Waals surface area contributed by atoms with Gasteiger partial charge in [0.2, 0.25) is 0 Å². The van der Waals surface area contributed by atoms with E-state index in [0.717, 1.165) is 11.6 Å². The average molecular weight is 543 g/mol. The predicted molar refractivity (Wildman–Crippen MR) is 133 cm³/mol. The minimum atomic E-state index is -1.98. The van der Waals surface area contributed by atoms with Crippen LogP contribution in [-0.4, -0.2) is 55.3 Å². The number of nitrogens with zero attached hydrogens (tertiary/aromatic N) is 2. The number of allylic oxidation sites excluding steroid dienone is 2. The first kappa shape index (κ1) is 26.5. The smallest absolute Gasteiger partial charge is 0.196 e. The van der Waals surface area contributed by atoms with Crippen molar-refractivity contribution in [3.63, 3.8) is 0 Å². The summed E-state index contributed by atoms with van der Waals surface area (Å²) in [6.45, 7) is 11.6. The number of halogens is 3. The Bertz CT molecular complexity index is 1130. The molecule has 1 N–H and O–H groups in total. The molecule has 0 radical (unpaired) electrons. The minimum Gasteiger partial charge on any atom is -0.711 e. The van der Waals surface area contributed by atoms with Gasteiger partial charge in [0.25, 0.3) is 0 Å². The number of rotatable bonds is 3. The number of ketones is 3. The monoisotopic (exact) mass is 541 g/mol. The van der Waals surface area contributed by atoms with Crippen LogP contribution in [0.5, 0.6) is 0 Å². The summed E-state index contributed by atoms with van der Waals surface area (Å²) >= 11 is 20.4. The van der Waals surface area contributed by atoms with Gasteiger partial charge in [-0.2, -0.15) is 0 Å². The van der Waals surface area contributed by atoms with E-state index >= 15 is 0 Å². The van der Waals surface area contributed by atoms with Gasteiger partial charge in [-0.1, -0.05) is 26.0 Å². The van der Waals surface area contributed by atoms with Crippen LogP contribution in [0.3, 0.4) is 0 Å². The molecule has 2 fully saturated rings. The summed E-state index contributed by atoms with van der Waals surface area (Å²) in [7, 11) is 0. The van der Waals surface area contributed by atoms with E-state index in [9.17, 15) is 25.0 Å². The van der Waals surface area contributed by atoms with Crippen LogP contribution in [0, 0.1) is 11.3 Å². The van der Waals surface area contributed by atoms with E-state index in [1.165, 1.54) is 0 Å². The molecular formula is C25H28Cl3N2O5-. The van der Waals surface area contributed by atoms with Gasteiger partial charge in [-0.25, -0.2) is 0 Å². The van der Waals surface area contributed by atoms with E-state index in [4.69, 9.17) is 39.5 Å². The number of alkyl halides is 3. The second-order valence-corrected chi connectivity index (χ2v) is 12.8. The molecule has 6 atom stereocenters. The van der Waals surface area contributed by atoms with Gasteiger partial charge in [0, 0.05) is 17.0 Å². The van der Waals surface area contributed by atoms with Gasteiger partial charge >= 0.3 is 0 Å². The van der Waals surface area contributed by atoms with Crippen molar-refractivity contribution < 1.29 is 24.2 Å². The van der Waals surface area contributed by atoms with Crippen LogP contribution in [-0.2, 0) is 19.1 Å². The molecule has 1 saturated heterocycles. The summed E-state index contributed by atoms with van der Waals surface area (Å²) in [6.07, 6.45) is 1.92. The number of aliphatic hydroxyl groups excluding tert-OH is 1. The Morgan fingerprint density at radius 1 is 1.17 bits per heavy atom. The van der Waals surface area contributed by atoms with E-state index < -0.39 is 67.2 Å². The highest BCUT2D eigenvalue weighted by Gasteiger charge is 2.72. The van der Waals surface area contributed by atoms with Crippen LogP contribution < -0.4 is 0 Å². The van der Waals surface area contributed by atoms with Gasteiger partial charge in [-0.3, -0.25) is 14.4 Å². The van der Waals surface area contributed by atoms with Crippen molar-refractivity contribution in [2.75, 3.05) is 0 Å². The maximum Gasteiger partial charge on any atom is 0.196 e. The minimum absolute atomic E-state index is 0.0449. The molecule has 1 aliphatic heterocycles. The van der Waals surface area contributed by atoms with E-state index in [0.29, 0.717) is 12.8 Å². The number of hydrogen-bond acceptors (Lipinski definition) is 6. The van der Waals surface area contributed by atoms with Crippen molar-refractivity contribution in [3.05, 3.63) is 40.7 Å². The SMILES string of the molecule is C=C1CCC(Cl)C(C)(C)C1CC12OC(C)(C)C(Cl)CC1(Cl)C(=O)C1=C(C2=O)C(N=[N-])C(=O)C=C1O. The molecule has 0 spiro atoms. The summed E-state index contributed by atoms with van der Waals surface area (Å²) in [5.74, 6) is -3.49. The van der Waals surface area contributed by atoms with Crippen molar-refractivity contribution in [1.29, 1.82) is 0 Å². The van der Waals surface area contributed by atoms with Crippen molar-refractivity contribution in [2.45, 2.75) is 86.3 Å². The normalized spacial score (nSPS) is 40.7. The number of carbonyl (C=O) groups is 3. The van der Waals surface area contributed by atoms with Crippen LogP contribution in [0.2, 0.25) is 0 Å². The largest absolute Gasteiger partial charge is 0.711 e. The third-order valence-corrected chi connectivity index (χ3v) is 10.5. The highest BCUT2D eigenvalue weighted by atomic mass is 35.5. The molecule has 10 heteroatoms. The number of ether oxygens (including phenoxy) is 1. The van der Waals surface area contributed by atoms with Crippen LogP contribution in [0.25, 0.3) is 5.53 Å². The zero-order valence-corrected chi connectivity index (χ0v) is 22.3. The lowest BCUT2D eigenvalue weighted by molar-refractivity contribution is -0.203. The Kier molecular flexibility index (Phi) is 6.24. The molecule has 0 amide bonds. The van der Waals surface area contributed by atoms with Crippen LogP contribution in [0.4, 0.5) is 0 Å². The molecule has 0 bridgehead atoms. The summed E-state index contributed by atoms with van der Waals surface area (Å²) in [5.41, 5.74) is 6.02. The molecule has 3 aliphatic carbocycles. The zero-order chi connectivity index (χ0) is 26.3.